The van der Waals surface area contributed by atoms with Crippen LogP contribution in [0.25, 0.3) is 10.9 Å². The number of ether oxygens (including phenoxy) is 1. The fraction of sp³-hybridized carbons (Fsp3) is 0.393. The molecule has 0 fully saturated rings. The summed E-state index contributed by atoms with van der Waals surface area (Å²) in [5.41, 5.74) is 8.38. The van der Waals surface area contributed by atoms with Crippen LogP contribution in [0.4, 0.5) is 0 Å². The Labute approximate surface area is 211 Å². The molecule has 2 aromatic carbocycles. The maximum atomic E-state index is 13.8. The number of aryl methyl sites for hydroxylation is 2. The van der Waals surface area contributed by atoms with Crippen LogP contribution in [0, 0.1) is 5.92 Å². The van der Waals surface area contributed by atoms with Crippen molar-refractivity contribution >= 4 is 28.6 Å². The van der Waals surface area contributed by atoms with Crippen LogP contribution in [0.2, 0.25) is 0 Å². The van der Waals surface area contributed by atoms with Gasteiger partial charge in [0.2, 0.25) is 17.7 Å². The summed E-state index contributed by atoms with van der Waals surface area (Å²) in [6, 6.07) is 14.7. The largest absolute Gasteiger partial charge is 0.496 e. The molecule has 0 spiro atoms. The number of para-hydroxylation sites is 2. The molecule has 0 radical (unpaired) electrons. The zero-order chi connectivity index (χ0) is 25.9. The van der Waals surface area contributed by atoms with Crippen molar-refractivity contribution in [2.75, 3.05) is 7.11 Å². The summed E-state index contributed by atoms with van der Waals surface area (Å²) in [6.07, 6.45) is 1.99. The van der Waals surface area contributed by atoms with Crippen LogP contribution in [0.1, 0.15) is 43.5 Å². The molecule has 3 amide bonds. The third-order valence-corrected chi connectivity index (χ3v) is 7.07. The molecule has 1 heterocycles. The second-order valence-corrected chi connectivity index (χ2v) is 9.84. The highest BCUT2D eigenvalue weighted by molar-refractivity contribution is 5.96. The minimum atomic E-state index is -1.20. The molecule has 1 aliphatic rings. The van der Waals surface area contributed by atoms with E-state index >= 15 is 0 Å². The first-order valence-corrected chi connectivity index (χ1v) is 12.4. The highest BCUT2D eigenvalue weighted by Gasteiger charge is 2.45. The number of methoxy groups -OCH3 is 1. The standard InChI is InChI=1S/C28H34N4O4/c1-17(2)25(26(29)34)31-27(35)28(32-24(33)13-12-18-8-4-7-11-23(18)36-3)15-14-22-20(16-28)19-9-5-6-10-21(19)30-22/h4-11,17,25,30H,12-16H2,1-3H3,(H2,29,34)(H,31,35)(H,32,33)/t25-,28+/m0/s1. The van der Waals surface area contributed by atoms with Crippen molar-refractivity contribution in [3.8, 4) is 5.75 Å². The fourth-order valence-electron chi connectivity index (χ4n) is 5.09. The minimum absolute atomic E-state index is 0.183. The van der Waals surface area contributed by atoms with Gasteiger partial charge in [0.05, 0.1) is 7.11 Å². The van der Waals surface area contributed by atoms with E-state index in [1.807, 2.05) is 62.4 Å². The molecule has 190 valence electrons. The zero-order valence-corrected chi connectivity index (χ0v) is 21.0. The quantitative estimate of drug-likeness (QED) is 0.368. The summed E-state index contributed by atoms with van der Waals surface area (Å²) in [7, 11) is 1.60. The van der Waals surface area contributed by atoms with Crippen molar-refractivity contribution in [2.45, 2.75) is 57.5 Å². The number of fused-ring (bicyclic) bond motifs is 3. The van der Waals surface area contributed by atoms with E-state index in [4.69, 9.17) is 10.5 Å². The van der Waals surface area contributed by atoms with Gasteiger partial charge >= 0.3 is 0 Å². The van der Waals surface area contributed by atoms with Gasteiger partial charge in [-0.15, -0.1) is 0 Å². The third kappa shape index (κ3) is 5.08. The Bertz CT molecular complexity index is 1280. The number of primary amides is 1. The van der Waals surface area contributed by atoms with Crippen LogP contribution >= 0.6 is 0 Å². The maximum absolute atomic E-state index is 13.8. The molecule has 1 aromatic heterocycles. The predicted octanol–water partition coefficient (Wildman–Crippen LogP) is 2.78. The van der Waals surface area contributed by atoms with Crippen molar-refractivity contribution in [3.63, 3.8) is 0 Å². The number of carbonyl (C=O) groups excluding carboxylic acids is 3. The van der Waals surface area contributed by atoms with Crippen molar-refractivity contribution in [1.29, 1.82) is 0 Å². The number of hydrogen-bond acceptors (Lipinski definition) is 4. The molecule has 4 rings (SSSR count). The third-order valence-electron chi connectivity index (χ3n) is 7.07. The van der Waals surface area contributed by atoms with Gasteiger partial charge in [0.15, 0.2) is 0 Å². The van der Waals surface area contributed by atoms with Gasteiger partial charge < -0.3 is 26.1 Å². The van der Waals surface area contributed by atoms with E-state index in [1.165, 1.54) is 0 Å². The molecule has 0 unspecified atom stereocenters. The van der Waals surface area contributed by atoms with Gasteiger partial charge in [-0.2, -0.15) is 0 Å². The van der Waals surface area contributed by atoms with Crippen LogP contribution in [-0.4, -0.2) is 41.4 Å². The van der Waals surface area contributed by atoms with Crippen LogP contribution in [0.3, 0.4) is 0 Å². The van der Waals surface area contributed by atoms with E-state index in [0.717, 1.165) is 33.5 Å². The van der Waals surface area contributed by atoms with Gasteiger partial charge in [0.25, 0.3) is 0 Å². The Morgan fingerprint density at radius 1 is 1.11 bits per heavy atom. The molecule has 0 aliphatic heterocycles. The first kappa shape index (κ1) is 25.3. The van der Waals surface area contributed by atoms with Gasteiger partial charge in [0.1, 0.15) is 17.3 Å². The maximum Gasteiger partial charge on any atom is 0.246 e. The van der Waals surface area contributed by atoms with Crippen molar-refractivity contribution in [2.24, 2.45) is 11.7 Å². The number of nitrogens with two attached hydrogens (primary N) is 1. The number of carbonyl (C=O) groups is 3. The number of rotatable bonds is 9. The molecule has 36 heavy (non-hydrogen) atoms. The summed E-state index contributed by atoms with van der Waals surface area (Å²) in [6.45, 7) is 3.65. The van der Waals surface area contributed by atoms with Gasteiger partial charge in [-0.1, -0.05) is 50.2 Å². The molecule has 5 N–H and O–H groups in total. The van der Waals surface area contributed by atoms with E-state index < -0.39 is 17.5 Å². The lowest BCUT2D eigenvalue weighted by Crippen LogP contribution is -2.64. The van der Waals surface area contributed by atoms with Crippen molar-refractivity contribution < 1.29 is 19.1 Å². The van der Waals surface area contributed by atoms with E-state index in [2.05, 4.69) is 15.6 Å². The van der Waals surface area contributed by atoms with Gasteiger partial charge in [-0.3, -0.25) is 14.4 Å². The number of H-pyrrole nitrogens is 1. The summed E-state index contributed by atoms with van der Waals surface area (Å²) >= 11 is 0. The van der Waals surface area contributed by atoms with Crippen LogP contribution in [0.5, 0.6) is 5.75 Å². The average Bonchev–Trinajstić information content (AvgIpc) is 3.23. The summed E-state index contributed by atoms with van der Waals surface area (Å²) in [4.78, 5) is 42.5. The van der Waals surface area contributed by atoms with Gasteiger partial charge in [-0.05, 0) is 48.4 Å². The molecule has 2 atom stereocenters. The average molecular weight is 491 g/mol. The molecule has 1 aliphatic carbocycles. The first-order valence-electron chi connectivity index (χ1n) is 12.4. The number of aromatic amines is 1. The fourth-order valence-corrected chi connectivity index (χ4v) is 5.09. The molecular formula is C28H34N4O4. The van der Waals surface area contributed by atoms with E-state index in [0.29, 0.717) is 25.7 Å². The highest BCUT2D eigenvalue weighted by atomic mass is 16.5. The summed E-state index contributed by atoms with van der Waals surface area (Å²) in [5.74, 6) is -0.683. The Morgan fingerprint density at radius 3 is 2.56 bits per heavy atom. The molecule has 0 bridgehead atoms. The van der Waals surface area contributed by atoms with Crippen LogP contribution in [0.15, 0.2) is 48.5 Å². The molecular weight excluding hydrogens is 456 g/mol. The zero-order valence-electron chi connectivity index (χ0n) is 21.0. The molecule has 0 saturated carbocycles. The van der Waals surface area contributed by atoms with Gasteiger partial charge in [0, 0.05) is 29.4 Å². The number of benzene rings is 2. The van der Waals surface area contributed by atoms with Crippen molar-refractivity contribution in [1.82, 2.24) is 15.6 Å². The Balaban J connectivity index is 1.61. The smallest absolute Gasteiger partial charge is 0.246 e. The summed E-state index contributed by atoms with van der Waals surface area (Å²) < 4.78 is 5.40. The Morgan fingerprint density at radius 2 is 1.83 bits per heavy atom. The monoisotopic (exact) mass is 490 g/mol. The van der Waals surface area contributed by atoms with Crippen LogP contribution in [-0.2, 0) is 33.6 Å². The Hall–Kier alpha value is -3.81. The lowest BCUT2D eigenvalue weighted by molar-refractivity contribution is -0.136. The minimum Gasteiger partial charge on any atom is -0.496 e. The van der Waals surface area contributed by atoms with Crippen molar-refractivity contribution in [3.05, 3.63) is 65.4 Å². The second kappa shape index (κ2) is 10.4. The summed E-state index contributed by atoms with van der Waals surface area (Å²) in [5, 5.41) is 6.93. The number of hydrogen-bond donors (Lipinski definition) is 4. The SMILES string of the molecule is COc1ccccc1CCC(=O)N[C@]1(C(=O)N[C@H](C(N)=O)C(C)C)CCc2[nH]c3ccccc3c2C1. The molecule has 8 nitrogen and oxygen atoms in total. The first-order chi connectivity index (χ1) is 17.2. The topological polar surface area (TPSA) is 126 Å². The van der Waals surface area contributed by atoms with Gasteiger partial charge in [-0.25, -0.2) is 0 Å². The number of amides is 3. The molecule has 3 aromatic rings. The number of aromatic nitrogens is 1. The second-order valence-electron chi connectivity index (χ2n) is 9.84. The lowest BCUT2D eigenvalue weighted by Gasteiger charge is -2.38. The predicted molar refractivity (Wildman–Crippen MR) is 138 cm³/mol. The van der Waals surface area contributed by atoms with E-state index in [-0.39, 0.29) is 24.2 Å². The normalized spacial score (nSPS) is 17.9. The lowest BCUT2D eigenvalue weighted by atomic mass is 9.78. The number of nitrogens with one attached hydrogen (secondary N) is 3. The van der Waals surface area contributed by atoms with E-state index in [9.17, 15) is 14.4 Å². The molecule has 8 heteroatoms. The Kier molecular flexibility index (Phi) is 7.33. The van der Waals surface area contributed by atoms with E-state index in [1.54, 1.807) is 7.11 Å². The van der Waals surface area contributed by atoms with Crippen LogP contribution < -0.4 is 21.1 Å². The molecule has 0 saturated heterocycles. The highest BCUT2D eigenvalue weighted by Crippen LogP contribution is 2.34.